The molecular formula is C24H30N2O4. The first-order chi connectivity index (χ1) is 14.4. The predicted molar refractivity (Wildman–Crippen MR) is 119 cm³/mol. The van der Waals surface area contributed by atoms with Crippen LogP contribution >= 0.6 is 0 Å². The molecule has 0 fully saturated rings. The van der Waals surface area contributed by atoms with Gasteiger partial charge in [-0.2, -0.15) is 0 Å². The minimum atomic E-state index is -0.384. The molecule has 0 atom stereocenters. The molecule has 0 unspecified atom stereocenters. The molecule has 0 saturated heterocycles. The van der Waals surface area contributed by atoms with Crippen molar-refractivity contribution in [2.45, 2.75) is 39.7 Å². The minimum absolute atomic E-state index is 0.0792. The molecule has 30 heavy (non-hydrogen) atoms. The van der Waals surface area contributed by atoms with Gasteiger partial charge in [0.05, 0.1) is 12.7 Å². The second-order valence-electron chi connectivity index (χ2n) is 7.05. The highest BCUT2D eigenvalue weighted by Crippen LogP contribution is 2.16. The lowest BCUT2D eigenvalue weighted by atomic mass is 10.1. The summed E-state index contributed by atoms with van der Waals surface area (Å²) in [6, 6.07) is 14.2. The number of rotatable bonds is 10. The third kappa shape index (κ3) is 7.28. The third-order valence-electron chi connectivity index (χ3n) is 4.17. The Morgan fingerprint density at radius 3 is 2.20 bits per heavy atom. The first-order valence-electron chi connectivity index (χ1n) is 10.2. The van der Waals surface area contributed by atoms with E-state index in [2.05, 4.69) is 17.6 Å². The summed E-state index contributed by atoms with van der Waals surface area (Å²) in [4.78, 5) is 24.9. The van der Waals surface area contributed by atoms with E-state index in [9.17, 15) is 9.59 Å². The van der Waals surface area contributed by atoms with Crippen LogP contribution in [0.25, 0.3) is 6.08 Å². The number of benzene rings is 2. The second-order valence-corrected chi connectivity index (χ2v) is 7.05. The predicted octanol–water partition coefficient (Wildman–Crippen LogP) is 4.17. The molecule has 2 amide bonds. The van der Waals surface area contributed by atoms with Gasteiger partial charge in [0.2, 0.25) is 0 Å². The Morgan fingerprint density at radius 2 is 1.63 bits per heavy atom. The number of carbonyl (C=O) groups is 2. The van der Waals surface area contributed by atoms with Crippen LogP contribution in [0.5, 0.6) is 11.5 Å². The van der Waals surface area contributed by atoms with Crippen LogP contribution in [-0.4, -0.2) is 31.6 Å². The van der Waals surface area contributed by atoms with E-state index < -0.39 is 0 Å². The molecule has 6 heteroatoms. The molecule has 0 bridgehead atoms. The van der Waals surface area contributed by atoms with E-state index in [4.69, 9.17) is 9.47 Å². The molecular weight excluding hydrogens is 380 g/mol. The van der Waals surface area contributed by atoms with Crippen molar-refractivity contribution in [3.63, 3.8) is 0 Å². The summed E-state index contributed by atoms with van der Waals surface area (Å²) in [5.74, 6) is 0.704. The van der Waals surface area contributed by atoms with E-state index in [1.165, 1.54) is 7.05 Å². The van der Waals surface area contributed by atoms with Crippen LogP contribution < -0.4 is 20.1 Å². The standard InChI is InChI=1S/C24H30N2O4/c1-5-6-15-29-20-13-9-19(10-14-20)23(27)26-22(24(28)25-4)16-18-7-11-21(12-8-18)30-17(2)3/h7-14,16-17H,5-6,15H2,1-4H3,(H,25,28)(H,26,27). The topological polar surface area (TPSA) is 76.7 Å². The van der Waals surface area contributed by atoms with Gasteiger partial charge in [-0.25, -0.2) is 0 Å². The van der Waals surface area contributed by atoms with Crippen LogP contribution in [0.15, 0.2) is 54.2 Å². The number of hydrogen-bond donors (Lipinski definition) is 2. The fourth-order valence-electron chi connectivity index (χ4n) is 2.61. The molecule has 0 saturated carbocycles. The van der Waals surface area contributed by atoms with Gasteiger partial charge in [-0.1, -0.05) is 25.5 Å². The lowest BCUT2D eigenvalue weighted by Crippen LogP contribution is -2.33. The van der Waals surface area contributed by atoms with Crippen LogP contribution in [0, 0.1) is 0 Å². The summed E-state index contributed by atoms with van der Waals surface area (Å²) < 4.78 is 11.2. The van der Waals surface area contributed by atoms with Crippen LogP contribution in [0.4, 0.5) is 0 Å². The van der Waals surface area contributed by atoms with Crippen molar-refractivity contribution in [2.75, 3.05) is 13.7 Å². The normalized spacial score (nSPS) is 11.2. The van der Waals surface area contributed by atoms with Gasteiger partial charge >= 0.3 is 0 Å². The molecule has 2 aromatic rings. The van der Waals surface area contributed by atoms with Crippen molar-refractivity contribution >= 4 is 17.9 Å². The van der Waals surface area contributed by atoms with Crippen molar-refractivity contribution in [3.05, 3.63) is 65.4 Å². The number of ether oxygens (including phenoxy) is 2. The SMILES string of the molecule is CCCCOc1ccc(C(=O)NC(=Cc2ccc(OC(C)C)cc2)C(=O)NC)cc1. The summed E-state index contributed by atoms with van der Waals surface area (Å²) in [7, 11) is 1.52. The van der Waals surface area contributed by atoms with Crippen LogP contribution in [0.1, 0.15) is 49.5 Å². The zero-order chi connectivity index (χ0) is 21.9. The lowest BCUT2D eigenvalue weighted by Gasteiger charge is -2.11. The average Bonchev–Trinajstić information content (AvgIpc) is 2.74. The largest absolute Gasteiger partial charge is 0.494 e. The van der Waals surface area contributed by atoms with E-state index in [-0.39, 0.29) is 23.6 Å². The van der Waals surface area contributed by atoms with Crippen molar-refractivity contribution in [2.24, 2.45) is 0 Å². The monoisotopic (exact) mass is 410 g/mol. The smallest absolute Gasteiger partial charge is 0.267 e. The number of unbranched alkanes of at least 4 members (excludes halogenated alkanes) is 1. The average molecular weight is 411 g/mol. The quantitative estimate of drug-likeness (QED) is 0.455. The summed E-state index contributed by atoms with van der Waals surface area (Å²) in [6.07, 6.45) is 3.74. The molecule has 0 aliphatic heterocycles. The Morgan fingerprint density at radius 1 is 1.00 bits per heavy atom. The van der Waals surface area contributed by atoms with Crippen LogP contribution in [0.2, 0.25) is 0 Å². The molecule has 2 rings (SSSR count). The Kier molecular flexibility index (Phi) is 8.94. The van der Waals surface area contributed by atoms with Crippen molar-refractivity contribution in [1.29, 1.82) is 0 Å². The van der Waals surface area contributed by atoms with E-state index in [0.29, 0.717) is 17.9 Å². The first-order valence-corrected chi connectivity index (χ1v) is 10.2. The Bertz CT molecular complexity index is 856. The molecule has 0 spiro atoms. The van der Waals surface area contributed by atoms with Crippen molar-refractivity contribution < 1.29 is 19.1 Å². The minimum Gasteiger partial charge on any atom is -0.494 e. The molecule has 2 N–H and O–H groups in total. The number of likely N-dealkylation sites (N-methyl/N-ethyl adjacent to an activating group) is 1. The summed E-state index contributed by atoms with van der Waals surface area (Å²) in [5, 5.41) is 5.24. The number of carbonyl (C=O) groups excluding carboxylic acids is 2. The molecule has 0 radical (unpaired) electrons. The maximum Gasteiger partial charge on any atom is 0.267 e. The molecule has 160 valence electrons. The summed E-state index contributed by atoms with van der Waals surface area (Å²) >= 11 is 0. The highest BCUT2D eigenvalue weighted by molar-refractivity contribution is 6.05. The van der Waals surface area contributed by atoms with Gasteiger partial charge in [-0.3, -0.25) is 9.59 Å². The van der Waals surface area contributed by atoms with Gasteiger partial charge in [0.25, 0.3) is 11.8 Å². The van der Waals surface area contributed by atoms with Gasteiger partial charge in [-0.15, -0.1) is 0 Å². The fraction of sp³-hybridized carbons (Fsp3) is 0.333. The summed E-state index contributed by atoms with van der Waals surface area (Å²) in [6.45, 7) is 6.66. The Balaban J connectivity index is 2.11. The van der Waals surface area contributed by atoms with Crippen molar-refractivity contribution in [3.8, 4) is 11.5 Å². The molecule has 0 aliphatic rings. The molecule has 6 nitrogen and oxygen atoms in total. The van der Waals surface area contributed by atoms with Crippen LogP contribution in [-0.2, 0) is 4.79 Å². The van der Waals surface area contributed by atoms with Gasteiger partial charge in [0.15, 0.2) is 0 Å². The number of nitrogens with one attached hydrogen (secondary N) is 2. The third-order valence-corrected chi connectivity index (χ3v) is 4.17. The van der Waals surface area contributed by atoms with Crippen LogP contribution in [0.3, 0.4) is 0 Å². The maximum absolute atomic E-state index is 12.6. The lowest BCUT2D eigenvalue weighted by molar-refractivity contribution is -0.117. The second kappa shape index (κ2) is 11.7. The highest BCUT2D eigenvalue weighted by atomic mass is 16.5. The van der Waals surface area contributed by atoms with Gasteiger partial charge in [0.1, 0.15) is 17.2 Å². The molecule has 0 aromatic heterocycles. The molecule has 0 heterocycles. The van der Waals surface area contributed by atoms with E-state index >= 15 is 0 Å². The zero-order valence-corrected chi connectivity index (χ0v) is 18.0. The maximum atomic E-state index is 12.6. The number of amides is 2. The molecule has 0 aliphatic carbocycles. The zero-order valence-electron chi connectivity index (χ0n) is 18.0. The van der Waals surface area contributed by atoms with E-state index in [1.54, 1.807) is 30.3 Å². The summed E-state index contributed by atoms with van der Waals surface area (Å²) in [5.41, 5.74) is 1.36. The van der Waals surface area contributed by atoms with E-state index in [0.717, 1.165) is 24.2 Å². The highest BCUT2D eigenvalue weighted by Gasteiger charge is 2.14. The Labute approximate surface area is 178 Å². The Hall–Kier alpha value is -3.28. The molecule has 2 aromatic carbocycles. The van der Waals surface area contributed by atoms with Gasteiger partial charge < -0.3 is 20.1 Å². The van der Waals surface area contributed by atoms with Gasteiger partial charge in [0, 0.05) is 12.6 Å². The first kappa shape index (κ1) is 23.0. The number of hydrogen-bond acceptors (Lipinski definition) is 4. The van der Waals surface area contributed by atoms with Gasteiger partial charge in [-0.05, 0) is 68.3 Å². The van der Waals surface area contributed by atoms with E-state index in [1.807, 2.05) is 38.1 Å². The fourth-order valence-corrected chi connectivity index (χ4v) is 2.61. The van der Waals surface area contributed by atoms with Crippen molar-refractivity contribution in [1.82, 2.24) is 10.6 Å².